The number of hydrogen-bond donors (Lipinski definition) is 3. The van der Waals surface area contributed by atoms with E-state index < -0.39 is 12.1 Å². The monoisotopic (exact) mass is 692 g/mol. The molecule has 3 N–H and O–H groups in total. The molecule has 2 unspecified atom stereocenters. The van der Waals surface area contributed by atoms with Gasteiger partial charge in [-0.25, -0.2) is 0 Å². The number of unbranched alkanes of at least 4 members (excludes halogenated alkanes) is 14. The quantitative estimate of drug-likeness (QED) is 0.0458. The van der Waals surface area contributed by atoms with Gasteiger partial charge in [0.1, 0.15) is 0 Å². The lowest BCUT2D eigenvalue weighted by molar-refractivity contribution is -0.123. The molecule has 0 aromatic rings. The Hall–Kier alpha value is -2.69. The minimum atomic E-state index is -0.841. The van der Waals surface area contributed by atoms with Crippen LogP contribution in [0.3, 0.4) is 0 Å². The molecule has 0 aliphatic carbocycles. The Morgan fingerprint density at radius 2 is 0.880 bits per heavy atom. The Bertz CT molecular complexity index is 968. The van der Waals surface area contributed by atoms with Gasteiger partial charge in [-0.3, -0.25) is 4.79 Å². The van der Waals surface area contributed by atoms with Gasteiger partial charge in [-0.2, -0.15) is 0 Å². The SMILES string of the molecule is CC/C=C\C/C=C\C/C=C\C/C=C\C/C=C\C/C=C\C/C=C\CCCCCCCCCCCCCC(=O)NC(CO)C(O)/C=C/CCCCC. The normalized spacial score (nSPS) is 14.1. The Morgan fingerprint density at radius 1 is 0.500 bits per heavy atom. The third kappa shape index (κ3) is 36.6. The second-order valence-electron chi connectivity index (χ2n) is 13.3. The number of rotatable bonds is 35. The predicted octanol–water partition coefficient (Wildman–Crippen LogP) is 12.7. The maximum absolute atomic E-state index is 12.2. The van der Waals surface area contributed by atoms with Crippen molar-refractivity contribution in [1.82, 2.24) is 5.32 Å². The van der Waals surface area contributed by atoms with Gasteiger partial charge in [0, 0.05) is 6.42 Å². The van der Waals surface area contributed by atoms with Crippen LogP contribution in [0.15, 0.2) is 97.2 Å². The molecule has 1 amide bonds. The van der Waals surface area contributed by atoms with Crippen LogP contribution in [0.2, 0.25) is 0 Å². The number of allylic oxidation sites excluding steroid dienone is 15. The highest BCUT2D eigenvalue weighted by molar-refractivity contribution is 5.76. The summed E-state index contributed by atoms with van der Waals surface area (Å²) in [6.07, 6.45) is 61.1. The van der Waals surface area contributed by atoms with Crippen LogP contribution in [-0.4, -0.2) is 34.9 Å². The Labute approximate surface area is 309 Å². The number of aliphatic hydroxyl groups excluding tert-OH is 2. The standard InChI is InChI=1S/C46H77NO3/c1-3-5-7-9-10-11-12-13-14-15-16-17-18-19-20-21-22-23-24-25-26-27-28-29-30-31-32-33-34-35-36-38-40-42-46(50)47-44(43-48)45(49)41-39-37-8-6-4-2/h5,7,10-11,13-14,16-17,19-20,22-23,25-26,39,41,44-45,48-49H,3-4,6,8-9,12,15,18,21,24,27-38,40,42-43H2,1-2H3,(H,47,50)/b7-5-,11-10-,14-13-,17-16-,20-19-,23-22-,26-25-,41-39+. The van der Waals surface area contributed by atoms with Crippen LogP contribution in [0.1, 0.15) is 168 Å². The molecule has 0 spiro atoms. The van der Waals surface area contributed by atoms with E-state index in [0.29, 0.717) is 6.42 Å². The maximum atomic E-state index is 12.2. The fraction of sp³-hybridized carbons (Fsp3) is 0.630. The van der Waals surface area contributed by atoms with Gasteiger partial charge in [-0.05, 0) is 77.0 Å². The molecule has 0 bridgehead atoms. The van der Waals surface area contributed by atoms with E-state index in [4.69, 9.17) is 0 Å². The Kier molecular flexibility index (Phi) is 38.5. The van der Waals surface area contributed by atoms with Crippen molar-refractivity contribution in [2.24, 2.45) is 0 Å². The third-order valence-electron chi connectivity index (χ3n) is 8.57. The zero-order valence-electron chi connectivity index (χ0n) is 32.4. The van der Waals surface area contributed by atoms with E-state index in [1.165, 1.54) is 77.0 Å². The lowest BCUT2D eigenvalue weighted by Crippen LogP contribution is -2.45. The molecule has 0 radical (unpaired) electrons. The van der Waals surface area contributed by atoms with Crippen molar-refractivity contribution in [2.75, 3.05) is 6.61 Å². The molecule has 0 saturated heterocycles. The van der Waals surface area contributed by atoms with Crippen LogP contribution in [-0.2, 0) is 4.79 Å². The van der Waals surface area contributed by atoms with E-state index >= 15 is 0 Å². The minimum Gasteiger partial charge on any atom is -0.394 e. The summed E-state index contributed by atoms with van der Waals surface area (Å²) in [6.45, 7) is 4.07. The lowest BCUT2D eigenvalue weighted by Gasteiger charge is -2.20. The molecule has 0 saturated carbocycles. The van der Waals surface area contributed by atoms with Crippen LogP contribution in [0, 0.1) is 0 Å². The summed E-state index contributed by atoms with van der Waals surface area (Å²) in [4.78, 5) is 12.2. The molecule has 0 rings (SSSR count). The maximum Gasteiger partial charge on any atom is 0.220 e. The van der Waals surface area contributed by atoms with Crippen LogP contribution in [0.4, 0.5) is 0 Å². The fourth-order valence-electron chi connectivity index (χ4n) is 5.45. The van der Waals surface area contributed by atoms with Gasteiger partial charge in [0.25, 0.3) is 0 Å². The topological polar surface area (TPSA) is 69.6 Å². The number of hydrogen-bond acceptors (Lipinski definition) is 3. The molecule has 4 heteroatoms. The summed E-state index contributed by atoms with van der Waals surface area (Å²) >= 11 is 0. The molecule has 50 heavy (non-hydrogen) atoms. The molecule has 0 aliphatic rings. The number of aliphatic hydroxyl groups is 2. The number of carbonyl (C=O) groups is 1. The van der Waals surface area contributed by atoms with Gasteiger partial charge >= 0.3 is 0 Å². The fourth-order valence-corrected chi connectivity index (χ4v) is 5.45. The van der Waals surface area contributed by atoms with Crippen molar-refractivity contribution in [2.45, 2.75) is 180 Å². The molecule has 0 heterocycles. The highest BCUT2D eigenvalue weighted by Crippen LogP contribution is 2.13. The Balaban J connectivity index is 3.54. The molecule has 2 atom stereocenters. The minimum absolute atomic E-state index is 0.0807. The zero-order valence-corrected chi connectivity index (χ0v) is 32.4. The van der Waals surface area contributed by atoms with E-state index in [-0.39, 0.29) is 12.5 Å². The van der Waals surface area contributed by atoms with E-state index in [1.54, 1.807) is 6.08 Å². The number of carbonyl (C=O) groups excluding carboxylic acids is 1. The van der Waals surface area contributed by atoms with Crippen molar-refractivity contribution in [1.29, 1.82) is 0 Å². The lowest BCUT2D eigenvalue weighted by atomic mass is 10.0. The third-order valence-corrected chi connectivity index (χ3v) is 8.57. The summed E-state index contributed by atoms with van der Waals surface area (Å²) in [5, 5.41) is 22.6. The summed E-state index contributed by atoms with van der Waals surface area (Å²) in [5.41, 5.74) is 0. The average molecular weight is 692 g/mol. The van der Waals surface area contributed by atoms with Crippen molar-refractivity contribution >= 4 is 5.91 Å². The number of amides is 1. The van der Waals surface area contributed by atoms with Gasteiger partial charge in [0.05, 0.1) is 18.8 Å². The smallest absolute Gasteiger partial charge is 0.220 e. The second-order valence-corrected chi connectivity index (χ2v) is 13.3. The second kappa shape index (κ2) is 40.7. The van der Waals surface area contributed by atoms with Gasteiger partial charge in [-0.15, -0.1) is 0 Å². The predicted molar refractivity (Wildman–Crippen MR) is 220 cm³/mol. The zero-order chi connectivity index (χ0) is 36.4. The van der Waals surface area contributed by atoms with E-state index in [0.717, 1.165) is 70.6 Å². The van der Waals surface area contributed by atoms with Crippen LogP contribution >= 0.6 is 0 Å². The summed E-state index contributed by atoms with van der Waals surface area (Å²) in [7, 11) is 0. The van der Waals surface area contributed by atoms with Crippen molar-refractivity contribution in [3.8, 4) is 0 Å². The molecule has 0 fully saturated rings. The van der Waals surface area contributed by atoms with Crippen molar-refractivity contribution in [3.05, 3.63) is 97.2 Å². The first kappa shape index (κ1) is 47.3. The van der Waals surface area contributed by atoms with E-state index in [1.807, 2.05) is 6.08 Å². The first-order chi connectivity index (χ1) is 24.7. The van der Waals surface area contributed by atoms with E-state index in [2.05, 4.69) is 104 Å². The average Bonchev–Trinajstić information content (AvgIpc) is 3.12. The van der Waals surface area contributed by atoms with Gasteiger partial charge in [0.2, 0.25) is 5.91 Å². The first-order valence-corrected chi connectivity index (χ1v) is 20.5. The van der Waals surface area contributed by atoms with Gasteiger partial charge < -0.3 is 15.5 Å². The highest BCUT2D eigenvalue weighted by Gasteiger charge is 2.17. The number of nitrogens with one attached hydrogen (secondary N) is 1. The largest absolute Gasteiger partial charge is 0.394 e. The van der Waals surface area contributed by atoms with E-state index in [9.17, 15) is 15.0 Å². The van der Waals surface area contributed by atoms with Crippen molar-refractivity contribution in [3.63, 3.8) is 0 Å². The van der Waals surface area contributed by atoms with Crippen molar-refractivity contribution < 1.29 is 15.0 Å². The first-order valence-electron chi connectivity index (χ1n) is 20.5. The van der Waals surface area contributed by atoms with Crippen LogP contribution in [0.5, 0.6) is 0 Å². The van der Waals surface area contributed by atoms with Gasteiger partial charge in [0.15, 0.2) is 0 Å². The molecular formula is C46H77NO3. The summed E-state index contributed by atoms with van der Waals surface area (Å²) < 4.78 is 0. The van der Waals surface area contributed by atoms with Crippen LogP contribution < -0.4 is 5.32 Å². The molecule has 0 aliphatic heterocycles. The molecule has 284 valence electrons. The molecule has 4 nitrogen and oxygen atoms in total. The van der Waals surface area contributed by atoms with Crippen LogP contribution in [0.25, 0.3) is 0 Å². The Morgan fingerprint density at radius 3 is 1.32 bits per heavy atom. The summed E-state index contributed by atoms with van der Waals surface area (Å²) in [5.74, 6) is -0.0807. The molecule has 0 aromatic heterocycles. The molecular weight excluding hydrogens is 615 g/mol. The van der Waals surface area contributed by atoms with Gasteiger partial charge in [-0.1, -0.05) is 182 Å². The molecule has 0 aromatic carbocycles. The highest BCUT2D eigenvalue weighted by atomic mass is 16.3. The summed E-state index contributed by atoms with van der Waals surface area (Å²) in [6, 6.07) is -0.625.